The molecule has 0 bridgehead atoms. The summed E-state index contributed by atoms with van der Waals surface area (Å²) in [4.78, 5) is 0. The van der Waals surface area contributed by atoms with E-state index in [4.69, 9.17) is 11.5 Å². The van der Waals surface area contributed by atoms with Crippen LogP contribution in [0.25, 0.3) is 0 Å². The zero-order valence-electron chi connectivity index (χ0n) is 10.6. The highest BCUT2D eigenvalue weighted by Gasteiger charge is 2.18. The first kappa shape index (κ1) is 14.5. The van der Waals surface area contributed by atoms with Gasteiger partial charge in [-0.15, -0.1) is 6.42 Å². The molecule has 0 fully saturated rings. The summed E-state index contributed by atoms with van der Waals surface area (Å²) in [6.45, 7) is 2.11. The number of rotatable bonds is 6. The zero-order chi connectivity index (χ0) is 13.4. The molecular formula is C16H19FO. The predicted octanol–water partition coefficient (Wildman–Crippen LogP) is 3.51. The molecule has 96 valence electrons. The molecule has 2 heteroatoms. The summed E-state index contributed by atoms with van der Waals surface area (Å²) in [5.74, 6) is 2.62. The van der Waals surface area contributed by atoms with E-state index in [0.717, 1.165) is 18.4 Å². The van der Waals surface area contributed by atoms with Gasteiger partial charge in [0, 0.05) is 0 Å². The molecule has 1 aromatic rings. The van der Waals surface area contributed by atoms with Crippen molar-refractivity contribution in [1.29, 1.82) is 0 Å². The third-order valence-corrected chi connectivity index (χ3v) is 2.95. The number of hydrogen-bond donors (Lipinski definition) is 1. The van der Waals surface area contributed by atoms with Crippen molar-refractivity contribution in [1.82, 2.24) is 0 Å². The largest absolute Gasteiger partial charge is 0.392 e. The topological polar surface area (TPSA) is 20.2 Å². The van der Waals surface area contributed by atoms with Gasteiger partial charge in [0.1, 0.15) is 5.82 Å². The fourth-order valence-electron chi connectivity index (χ4n) is 2.08. The number of halogens is 1. The second kappa shape index (κ2) is 7.68. The van der Waals surface area contributed by atoms with Crippen molar-refractivity contribution < 1.29 is 9.50 Å². The minimum Gasteiger partial charge on any atom is -0.392 e. The van der Waals surface area contributed by atoms with Gasteiger partial charge in [0.2, 0.25) is 0 Å². The van der Waals surface area contributed by atoms with Crippen molar-refractivity contribution in [3.05, 3.63) is 47.8 Å². The molecule has 1 nitrogen and oxygen atoms in total. The molecule has 2 unspecified atom stereocenters. The molecule has 2 atom stereocenters. The zero-order valence-corrected chi connectivity index (χ0v) is 10.6. The molecule has 0 aromatic heterocycles. The molecule has 1 aromatic carbocycles. The highest BCUT2D eigenvalue weighted by atomic mass is 19.1. The van der Waals surface area contributed by atoms with E-state index in [-0.39, 0.29) is 24.3 Å². The third-order valence-electron chi connectivity index (χ3n) is 2.95. The minimum atomic E-state index is -0.257. The van der Waals surface area contributed by atoms with Crippen LogP contribution < -0.4 is 0 Å². The van der Waals surface area contributed by atoms with Crippen LogP contribution in [0, 0.1) is 24.1 Å². The van der Waals surface area contributed by atoms with Gasteiger partial charge in [-0.2, -0.15) is 0 Å². The fraction of sp³-hybridized carbons (Fsp3) is 0.375. The molecule has 0 spiro atoms. The highest BCUT2D eigenvalue weighted by molar-refractivity contribution is 5.29. The Kier molecular flexibility index (Phi) is 6.18. The smallest absolute Gasteiger partial charge is 0.123 e. The lowest BCUT2D eigenvalue weighted by Gasteiger charge is -2.20. The van der Waals surface area contributed by atoms with Gasteiger partial charge in [-0.25, -0.2) is 4.39 Å². The lowest BCUT2D eigenvalue weighted by Crippen LogP contribution is -2.09. The molecule has 1 rings (SSSR count). The molecule has 0 heterocycles. The van der Waals surface area contributed by atoms with Crippen molar-refractivity contribution in [2.75, 3.05) is 6.61 Å². The number of aliphatic hydroxyl groups is 1. The Labute approximate surface area is 108 Å². The summed E-state index contributed by atoms with van der Waals surface area (Å²) in [5, 5.41) is 8.86. The number of benzene rings is 1. The minimum absolute atomic E-state index is 0.0148. The van der Waals surface area contributed by atoms with E-state index in [2.05, 4.69) is 12.8 Å². The van der Waals surface area contributed by atoms with E-state index in [9.17, 15) is 4.39 Å². The summed E-state index contributed by atoms with van der Waals surface area (Å²) in [7, 11) is 0. The fourth-order valence-corrected chi connectivity index (χ4v) is 2.08. The number of hydrogen-bond acceptors (Lipinski definition) is 1. The average Bonchev–Trinajstić information content (AvgIpc) is 2.39. The van der Waals surface area contributed by atoms with Crippen LogP contribution >= 0.6 is 0 Å². The highest BCUT2D eigenvalue weighted by Crippen LogP contribution is 2.29. The van der Waals surface area contributed by atoms with Crippen LogP contribution in [0.2, 0.25) is 0 Å². The van der Waals surface area contributed by atoms with Crippen molar-refractivity contribution in [2.45, 2.75) is 25.7 Å². The Bertz CT molecular complexity index is 414. The molecule has 0 amide bonds. The maximum Gasteiger partial charge on any atom is 0.123 e. The maximum absolute atomic E-state index is 12.9. The maximum atomic E-state index is 12.9. The molecule has 0 aliphatic heterocycles. The van der Waals surface area contributed by atoms with Crippen LogP contribution in [0.3, 0.4) is 0 Å². The summed E-state index contributed by atoms with van der Waals surface area (Å²) in [6.07, 6.45) is 11.2. The Morgan fingerprint density at radius 1 is 1.39 bits per heavy atom. The standard InChI is InChI=1S/C16H19FO/c1-3-6-13(7-5-12-18)16(4-2)14-8-10-15(17)11-9-14/h2,5,7-11,13,16,18H,3,6,12H2,1H3/b7-5+. The molecule has 1 N–H and O–H groups in total. The lowest BCUT2D eigenvalue weighted by atomic mass is 9.83. The monoisotopic (exact) mass is 246 g/mol. The predicted molar refractivity (Wildman–Crippen MR) is 72.6 cm³/mol. The number of terminal acetylenes is 1. The summed E-state index contributed by atoms with van der Waals surface area (Å²) >= 11 is 0. The SMILES string of the molecule is C#CC(c1ccc(F)cc1)C(/C=C/CO)CCC. The summed E-state index contributed by atoms with van der Waals surface area (Å²) in [6, 6.07) is 6.32. The van der Waals surface area contributed by atoms with Crippen LogP contribution in [0.1, 0.15) is 31.2 Å². The molecule has 0 aliphatic rings. The van der Waals surface area contributed by atoms with Crippen molar-refractivity contribution in [2.24, 2.45) is 5.92 Å². The van der Waals surface area contributed by atoms with E-state index in [1.165, 1.54) is 12.1 Å². The average molecular weight is 246 g/mol. The number of aliphatic hydroxyl groups excluding tert-OH is 1. The summed E-state index contributed by atoms with van der Waals surface area (Å²) in [5.41, 5.74) is 0.944. The van der Waals surface area contributed by atoms with Crippen molar-refractivity contribution in [3.8, 4) is 12.3 Å². The molecular weight excluding hydrogens is 227 g/mol. The molecule has 0 aliphatic carbocycles. The van der Waals surface area contributed by atoms with E-state index in [0.29, 0.717) is 0 Å². The van der Waals surface area contributed by atoms with E-state index < -0.39 is 0 Å². The van der Waals surface area contributed by atoms with Gasteiger partial charge >= 0.3 is 0 Å². The third kappa shape index (κ3) is 4.01. The molecule has 0 saturated heterocycles. The first-order valence-electron chi connectivity index (χ1n) is 6.22. The van der Waals surface area contributed by atoms with Gasteiger partial charge < -0.3 is 5.11 Å². The van der Waals surface area contributed by atoms with Crippen LogP contribution in [0.4, 0.5) is 4.39 Å². The van der Waals surface area contributed by atoms with Gasteiger partial charge in [0.05, 0.1) is 12.5 Å². The van der Waals surface area contributed by atoms with Gasteiger partial charge in [0.15, 0.2) is 0 Å². The van der Waals surface area contributed by atoms with Crippen molar-refractivity contribution in [3.63, 3.8) is 0 Å². The molecule has 18 heavy (non-hydrogen) atoms. The molecule has 0 radical (unpaired) electrons. The number of allylic oxidation sites excluding steroid dienone is 1. The van der Waals surface area contributed by atoms with Gasteiger partial charge in [-0.1, -0.05) is 43.5 Å². The lowest BCUT2D eigenvalue weighted by molar-refractivity contribution is 0.341. The van der Waals surface area contributed by atoms with Crippen LogP contribution in [-0.4, -0.2) is 11.7 Å². The normalized spacial score (nSPS) is 14.3. The molecule has 0 saturated carbocycles. The van der Waals surface area contributed by atoms with E-state index >= 15 is 0 Å². The Morgan fingerprint density at radius 2 is 2.06 bits per heavy atom. The van der Waals surface area contributed by atoms with Crippen molar-refractivity contribution >= 4 is 0 Å². The van der Waals surface area contributed by atoms with E-state index in [1.807, 2.05) is 6.08 Å². The Hall–Kier alpha value is -1.59. The first-order valence-corrected chi connectivity index (χ1v) is 6.22. The quantitative estimate of drug-likeness (QED) is 0.601. The van der Waals surface area contributed by atoms with Crippen LogP contribution in [0.15, 0.2) is 36.4 Å². The van der Waals surface area contributed by atoms with Crippen LogP contribution in [0.5, 0.6) is 0 Å². The second-order valence-electron chi connectivity index (χ2n) is 4.26. The Balaban J connectivity index is 2.94. The summed E-state index contributed by atoms with van der Waals surface area (Å²) < 4.78 is 12.9. The first-order chi connectivity index (χ1) is 8.72. The van der Waals surface area contributed by atoms with Gasteiger partial charge in [-0.3, -0.25) is 0 Å². The second-order valence-corrected chi connectivity index (χ2v) is 4.26. The van der Waals surface area contributed by atoms with Gasteiger partial charge in [-0.05, 0) is 30.0 Å². The van der Waals surface area contributed by atoms with Crippen LogP contribution in [-0.2, 0) is 0 Å². The van der Waals surface area contributed by atoms with Gasteiger partial charge in [0.25, 0.3) is 0 Å². The Morgan fingerprint density at radius 3 is 2.56 bits per heavy atom. The van der Waals surface area contributed by atoms with E-state index in [1.54, 1.807) is 18.2 Å².